The van der Waals surface area contributed by atoms with E-state index in [4.69, 9.17) is 15.2 Å². The van der Waals surface area contributed by atoms with Crippen LogP contribution in [-0.4, -0.2) is 13.7 Å². The summed E-state index contributed by atoms with van der Waals surface area (Å²) < 4.78 is 12.1. The maximum absolute atomic E-state index is 6.39. The van der Waals surface area contributed by atoms with Gasteiger partial charge in [0.05, 0.1) is 13.7 Å². The second-order valence-electron chi connectivity index (χ2n) is 4.74. The molecule has 0 bridgehead atoms. The highest BCUT2D eigenvalue weighted by Crippen LogP contribution is 2.31. The molecule has 0 saturated carbocycles. The van der Waals surface area contributed by atoms with E-state index in [2.05, 4.69) is 15.9 Å². The van der Waals surface area contributed by atoms with E-state index < -0.39 is 0 Å². The highest BCUT2D eigenvalue weighted by Gasteiger charge is 2.15. The Balaban J connectivity index is 2.27. The lowest BCUT2D eigenvalue weighted by atomic mass is 9.98. The summed E-state index contributed by atoms with van der Waals surface area (Å²) in [7, 11) is 1.68. The van der Waals surface area contributed by atoms with Crippen LogP contribution in [0.3, 0.4) is 0 Å². The van der Waals surface area contributed by atoms with Crippen molar-refractivity contribution in [3.8, 4) is 11.5 Å². The number of rotatable bonds is 6. The first-order valence-electron chi connectivity index (χ1n) is 6.95. The molecule has 0 aliphatic heterocycles. The minimum absolute atomic E-state index is 0.152. The summed E-state index contributed by atoms with van der Waals surface area (Å²) in [4.78, 5) is 0. The van der Waals surface area contributed by atoms with E-state index >= 15 is 0 Å². The van der Waals surface area contributed by atoms with Crippen molar-refractivity contribution >= 4 is 15.9 Å². The van der Waals surface area contributed by atoms with Gasteiger partial charge in [-0.3, -0.25) is 0 Å². The molecular formula is C17H20BrNO2. The largest absolute Gasteiger partial charge is 0.496 e. The molecule has 0 heterocycles. The van der Waals surface area contributed by atoms with Gasteiger partial charge < -0.3 is 15.2 Å². The first-order valence-corrected chi connectivity index (χ1v) is 7.74. The Morgan fingerprint density at radius 1 is 1.14 bits per heavy atom. The van der Waals surface area contributed by atoms with E-state index in [1.54, 1.807) is 7.11 Å². The molecule has 0 aliphatic carbocycles. The Labute approximate surface area is 134 Å². The van der Waals surface area contributed by atoms with E-state index in [1.807, 2.05) is 49.4 Å². The summed E-state index contributed by atoms with van der Waals surface area (Å²) in [6.45, 7) is 2.59. The normalized spacial score (nSPS) is 12.0. The molecule has 2 aromatic carbocycles. The molecule has 112 valence electrons. The van der Waals surface area contributed by atoms with Crippen molar-refractivity contribution in [1.82, 2.24) is 0 Å². The van der Waals surface area contributed by atoms with Gasteiger partial charge in [-0.25, -0.2) is 0 Å². The van der Waals surface area contributed by atoms with E-state index in [9.17, 15) is 0 Å². The standard InChI is InChI=1S/C17H20BrNO2/c1-3-21-17-9-8-13(18)11-14(17)15(19)10-12-6-4-5-7-16(12)20-2/h4-9,11,15H,3,10,19H2,1-2H3. The van der Waals surface area contributed by atoms with Crippen LogP contribution < -0.4 is 15.2 Å². The van der Waals surface area contributed by atoms with Gasteiger partial charge in [0.1, 0.15) is 11.5 Å². The van der Waals surface area contributed by atoms with Crippen molar-refractivity contribution in [3.05, 3.63) is 58.1 Å². The molecule has 2 rings (SSSR count). The molecule has 3 nitrogen and oxygen atoms in total. The number of methoxy groups -OCH3 is 1. The van der Waals surface area contributed by atoms with E-state index in [0.29, 0.717) is 13.0 Å². The van der Waals surface area contributed by atoms with E-state index in [1.165, 1.54) is 0 Å². The van der Waals surface area contributed by atoms with Gasteiger partial charge in [0, 0.05) is 16.1 Å². The van der Waals surface area contributed by atoms with Crippen LogP contribution in [0.5, 0.6) is 11.5 Å². The maximum Gasteiger partial charge on any atom is 0.124 e. The summed E-state index contributed by atoms with van der Waals surface area (Å²) in [5.41, 5.74) is 8.48. The Morgan fingerprint density at radius 2 is 1.90 bits per heavy atom. The summed E-state index contributed by atoms with van der Waals surface area (Å²) in [6.07, 6.45) is 0.695. The van der Waals surface area contributed by atoms with Gasteiger partial charge in [-0.1, -0.05) is 34.1 Å². The lowest BCUT2D eigenvalue weighted by Gasteiger charge is -2.18. The topological polar surface area (TPSA) is 44.5 Å². The minimum Gasteiger partial charge on any atom is -0.496 e. The lowest BCUT2D eigenvalue weighted by Crippen LogP contribution is -2.15. The van der Waals surface area contributed by atoms with E-state index in [0.717, 1.165) is 27.1 Å². The van der Waals surface area contributed by atoms with Crippen LogP contribution in [0.4, 0.5) is 0 Å². The number of hydrogen-bond donors (Lipinski definition) is 1. The van der Waals surface area contributed by atoms with Crippen LogP contribution in [0.15, 0.2) is 46.9 Å². The fourth-order valence-corrected chi connectivity index (χ4v) is 2.69. The van der Waals surface area contributed by atoms with Crippen molar-refractivity contribution in [2.75, 3.05) is 13.7 Å². The third-order valence-electron chi connectivity index (χ3n) is 3.30. The smallest absolute Gasteiger partial charge is 0.124 e. The molecule has 1 unspecified atom stereocenters. The van der Waals surface area contributed by atoms with Crippen molar-refractivity contribution in [2.45, 2.75) is 19.4 Å². The fraction of sp³-hybridized carbons (Fsp3) is 0.294. The molecule has 0 saturated heterocycles. The number of hydrogen-bond acceptors (Lipinski definition) is 3. The average Bonchev–Trinajstić information content (AvgIpc) is 2.49. The highest BCUT2D eigenvalue weighted by molar-refractivity contribution is 9.10. The molecular weight excluding hydrogens is 330 g/mol. The Kier molecular flexibility index (Phi) is 5.65. The zero-order chi connectivity index (χ0) is 15.2. The number of para-hydroxylation sites is 1. The van der Waals surface area contributed by atoms with Crippen LogP contribution in [0, 0.1) is 0 Å². The summed E-state index contributed by atoms with van der Waals surface area (Å²) >= 11 is 3.49. The summed E-state index contributed by atoms with van der Waals surface area (Å²) in [5, 5.41) is 0. The third kappa shape index (κ3) is 3.99. The van der Waals surface area contributed by atoms with Crippen LogP contribution in [0.1, 0.15) is 24.1 Å². The molecule has 21 heavy (non-hydrogen) atoms. The van der Waals surface area contributed by atoms with Gasteiger partial charge in [-0.15, -0.1) is 0 Å². The maximum atomic E-state index is 6.39. The Hall–Kier alpha value is -1.52. The molecule has 0 aliphatic rings. The van der Waals surface area contributed by atoms with Crippen molar-refractivity contribution in [3.63, 3.8) is 0 Å². The molecule has 0 spiro atoms. The number of nitrogens with two attached hydrogens (primary N) is 1. The number of ether oxygens (including phenoxy) is 2. The van der Waals surface area contributed by atoms with Crippen molar-refractivity contribution in [2.24, 2.45) is 5.73 Å². The summed E-state index contributed by atoms with van der Waals surface area (Å²) in [5.74, 6) is 1.70. The molecule has 4 heteroatoms. The number of halogens is 1. The Bertz CT molecular complexity index is 601. The van der Waals surface area contributed by atoms with Gasteiger partial charge in [-0.2, -0.15) is 0 Å². The second kappa shape index (κ2) is 7.48. The zero-order valence-corrected chi connectivity index (χ0v) is 13.9. The monoisotopic (exact) mass is 349 g/mol. The van der Waals surface area contributed by atoms with Gasteiger partial charge in [-0.05, 0) is 43.2 Å². The number of benzene rings is 2. The SMILES string of the molecule is CCOc1ccc(Br)cc1C(N)Cc1ccccc1OC. The molecule has 2 N–H and O–H groups in total. The second-order valence-corrected chi connectivity index (χ2v) is 5.65. The fourth-order valence-electron chi connectivity index (χ4n) is 2.31. The Morgan fingerprint density at radius 3 is 2.62 bits per heavy atom. The molecule has 2 aromatic rings. The molecule has 0 radical (unpaired) electrons. The van der Waals surface area contributed by atoms with Gasteiger partial charge >= 0.3 is 0 Å². The molecule has 0 amide bonds. The lowest BCUT2D eigenvalue weighted by molar-refractivity contribution is 0.333. The zero-order valence-electron chi connectivity index (χ0n) is 12.3. The summed E-state index contributed by atoms with van der Waals surface area (Å²) in [6, 6.07) is 13.7. The molecule has 1 atom stereocenters. The van der Waals surface area contributed by atoms with Crippen molar-refractivity contribution in [1.29, 1.82) is 0 Å². The van der Waals surface area contributed by atoms with E-state index in [-0.39, 0.29) is 6.04 Å². The quantitative estimate of drug-likeness (QED) is 0.853. The van der Waals surface area contributed by atoms with Crippen LogP contribution in [0.25, 0.3) is 0 Å². The molecule has 0 fully saturated rings. The molecule has 0 aromatic heterocycles. The van der Waals surface area contributed by atoms with Gasteiger partial charge in [0.2, 0.25) is 0 Å². The van der Waals surface area contributed by atoms with Gasteiger partial charge in [0.25, 0.3) is 0 Å². The predicted molar refractivity (Wildman–Crippen MR) is 88.9 cm³/mol. The van der Waals surface area contributed by atoms with Gasteiger partial charge in [0.15, 0.2) is 0 Å². The van der Waals surface area contributed by atoms with Crippen LogP contribution in [-0.2, 0) is 6.42 Å². The predicted octanol–water partition coefficient (Wildman–Crippen LogP) is 4.10. The average molecular weight is 350 g/mol. The first-order chi connectivity index (χ1) is 10.2. The first kappa shape index (κ1) is 15.9. The minimum atomic E-state index is -0.152. The van der Waals surface area contributed by atoms with Crippen molar-refractivity contribution < 1.29 is 9.47 Å². The highest BCUT2D eigenvalue weighted by atomic mass is 79.9. The van der Waals surface area contributed by atoms with Crippen LogP contribution in [0.2, 0.25) is 0 Å². The van der Waals surface area contributed by atoms with Crippen LogP contribution >= 0.6 is 15.9 Å². The third-order valence-corrected chi connectivity index (χ3v) is 3.80.